The van der Waals surface area contributed by atoms with E-state index in [2.05, 4.69) is 9.97 Å². The lowest BCUT2D eigenvalue weighted by Crippen LogP contribution is -2.28. The van der Waals surface area contributed by atoms with E-state index in [-0.39, 0.29) is 5.56 Å². The van der Waals surface area contributed by atoms with Gasteiger partial charge in [-0.3, -0.25) is 9.36 Å². The Balaban J connectivity index is 1.92. The largest absolute Gasteiger partial charge is 0.417 e. The van der Waals surface area contributed by atoms with Crippen molar-refractivity contribution in [3.05, 3.63) is 45.5 Å². The van der Waals surface area contributed by atoms with Gasteiger partial charge in [-0.15, -0.1) is 0 Å². The molecule has 0 fully saturated rings. The number of fused-ring (bicyclic) bond motifs is 2. The fourth-order valence-corrected chi connectivity index (χ4v) is 2.77. The topological polar surface area (TPSA) is 60.9 Å². The molecule has 0 N–H and O–H groups in total. The molecule has 0 saturated heterocycles. The Kier molecular flexibility index (Phi) is 2.82. The van der Waals surface area contributed by atoms with Crippen LogP contribution >= 0.6 is 11.6 Å². The van der Waals surface area contributed by atoms with Crippen molar-refractivity contribution in [2.45, 2.75) is 25.8 Å². The van der Waals surface area contributed by atoms with Crippen LogP contribution < -0.4 is 5.56 Å². The molecule has 0 bridgehead atoms. The second kappa shape index (κ2) is 4.70. The SMILES string of the molecule is O=c1c2nc(-c3ccc(Cl)cc3)oc2nc2n1CCCC2. The molecule has 0 aliphatic carbocycles. The number of hydrogen-bond donors (Lipinski definition) is 0. The predicted octanol–water partition coefficient (Wildman–Crippen LogP) is 3.04. The van der Waals surface area contributed by atoms with Crippen LogP contribution in [0.3, 0.4) is 0 Å². The average Bonchev–Trinajstić information content (AvgIpc) is 2.92. The molecular weight excluding hydrogens is 290 g/mol. The van der Waals surface area contributed by atoms with Gasteiger partial charge in [0.05, 0.1) is 0 Å². The first-order valence-electron chi connectivity index (χ1n) is 6.88. The molecule has 0 unspecified atom stereocenters. The zero-order chi connectivity index (χ0) is 14.4. The minimum Gasteiger partial charge on any atom is -0.417 e. The number of aromatic nitrogens is 3. The first-order valence-corrected chi connectivity index (χ1v) is 7.26. The molecule has 0 amide bonds. The Labute approximate surface area is 125 Å². The Morgan fingerprint density at radius 3 is 2.76 bits per heavy atom. The molecule has 3 heterocycles. The van der Waals surface area contributed by atoms with E-state index >= 15 is 0 Å². The molecule has 0 saturated carbocycles. The van der Waals surface area contributed by atoms with E-state index in [1.807, 2.05) is 12.1 Å². The summed E-state index contributed by atoms with van der Waals surface area (Å²) in [5, 5.41) is 0.642. The molecule has 1 aliphatic rings. The minimum atomic E-state index is -0.112. The highest BCUT2D eigenvalue weighted by atomic mass is 35.5. The maximum Gasteiger partial charge on any atom is 0.283 e. The second-order valence-electron chi connectivity index (χ2n) is 5.12. The molecule has 1 aliphatic heterocycles. The summed E-state index contributed by atoms with van der Waals surface area (Å²) in [6, 6.07) is 7.14. The van der Waals surface area contributed by atoms with Crippen LogP contribution in [0.2, 0.25) is 5.02 Å². The third-order valence-corrected chi connectivity index (χ3v) is 3.97. The van der Waals surface area contributed by atoms with Crippen molar-refractivity contribution < 1.29 is 4.42 Å². The summed E-state index contributed by atoms with van der Waals surface area (Å²) in [5.74, 6) is 1.19. The van der Waals surface area contributed by atoms with Gasteiger partial charge in [-0.2, -0.15) is 4.98 Å². The lowest BCUT2D eigenvalue weighted by molar-refractivity contribution is 0.494. The van der Waals surface area contributed by atoms with Crippen LogP contribution in [0.25, 0.3) is 22.7 Å². The monoisotopic (exact) mass is 301 g/mol. The lowest BCUT2D eigenvalue weighted by Gasteiger charge is -2.15. The van der Waals surface area contributed by atoms with Gasteiger partial charge < -0.3 is 4.42 Å². The van der Waals surface area contributed by atoms with Crippen LogP contribution in [0.15, 0.2) is 33.5 Å². The molecule has 1 aromatic carbocycles. The molecule has 106 valence electrons. The number of halogens is 1. The molecular formula is C15H12ClN3O2. The van der Waals surface area contributed by atoms with Gasteiger partial charge >= 0.3 is 0 Å². The van der Waals surface area contributed by atoms with Gasteiger partial charge in [0.15, 0.2) is 5.52 Å². The van der Waals surface area contributed by atoms with Crippen molar-refractivity contribution >= 4 is 22.8 Å². The fourth-order valence-electron chi connectivity index (χ4n) is 2.64. The first-order chi connectivity index (χ1) is 10.2. The summed E-state index contributed by atoms with van der Waals surface area (Å²) in [5.41, 5.74) is 1.28. The normalized spacial score (nSPS) is 14.3. The fraction of sp³-hybridized carbons (Fsp3) is 0.267. The van der Waals surface area contributed by atoms with Crippen molar-refractivity contribution in [1.29, 1.82) is 0 Å². The zero-order valence-electron chi connectivity index (χ0n) is 11.2. The van der Waals surface area contributed by atoms with E-state index in [9.17, 15) is 4.79 Å². The van der Waals surface area contributed by atoms with Gasteiger partial charge in [-0.1, -0.05) is 11.6 Å². The summed E-state index contributed by atoms with van der Waals surface area (Å²) in [6.45, 7) is 0.709. The summed E-state index contributed by atoms with van der Waals surface area (Å²) >= 11 is 5.87. The van der Waals surface area contributed by atoms with Gasteiger partial charge in [-0.05, 0) is 37.1 Å². The number of rotatable bonds is 1. The van der Waals surface area contributed by atoms with Crippen LogP contribution in [0.5, 0.6) is 0 Å². The van der Waals surface area contributed by atoms with Crippen LogP contribution in [0.4, 0.5) is 0 Å². The highest BCUT2D eigenvalue weighted by molar-refractivity contribution is 6.30. The number of benzene rings is 1. The van der Waals surface area contributed by atoms with E-state index in [4.69, 9.17) is 16.0 Å². The molecule has 0 spiro atoms. The average molecular weight is 302 g/mol. The third-order valence-electron chi connectivity index (χ3n) is 3.72. The highest BCUT2D eigenvalue weighted by Crippen LogP contribution is 2.24. The Bertz CT molecular complexity index is 880. The summed E-state index contributed by atoms with van der Waals surface area (Å²) in [4.78, 5) is 21.2. The van der Waals surface area contributed by atoms with Crippen LogP contribution in [-0.4, -0.2) is 14.5 Å². The molecule has 3 aromatic rings. The zero-order valence-corrected chi connectivity index (χ0v) is 11.9. The predicted molar refractivity (Wildman–Crippen MR) is 79.4 cm³/mol. The number of nitrogens with zero attached hydrogens (tertiary/aromatic N) is 3. The summed E-state index contributed by atoms with van der Waals surface area (Å²) in [6.07, 6.45) is 2.86. The molecule has 4 rings (SSSR count). The van der Waals surface area contributed by atoms with Gasteiger partial charge in [0.1, 0.15) is 5.82 Å². The van der Waals surface area contributed by atoms with Crippen molar-refractivity contribution in [3.63, 3.8) is 0 Å². The smallest absolute Gasteiger partial charge is 0.283 e. The maximum atomic E-state index is 12.5. The Morgan fingerprint density at radius 1 is 1.14 bits per heavy atom. The number of hydrogen-bond acceptors (Lipinski definition) is 4. The molecule has 6 heteroatoms. The highest BCUT2D eigenvalue weighted by Gasteiger charge is 2.19. The van der Waals surface area contributed by atoms with E-state index in [0.29, 0.717) is 28.7 Å². The molecule has 0 radical (unpaired) electrons. The third kappa shape index (κ3) is 2.05. The maximum absolute atomic E-state index is 12.5. The quantitative estimate of drug-likeness (QED) is 0.693. The number of aryl methyl sites for hydroxylation is 1. The second-order valence-corrected chi connectivity index (χ2v) is 5.56. The standard InChI is InChI=1S/C15H12ClN3O2/c16-10-6-4-9(5-7-10)13-18-12-14(21-13)17-11-3-1-2-8-19(11)15(12)20/h4-7H,1-3,8H2. The van der Waals surface area contributed by atoms with Crippen molar-refractivity contribution in [2.75, 3.05) is 0 Å². The molecule has 5 nitrogen and oxygen atoms in total. The van der Waals surface area contributed by atoms with Crippen molar-refractivity contribution in [2.24, 2.45) is 0 Å². The number of oxazole rings is 1. The van der Waals surface area contributed by atoms with E-state index in [0.717, 1.165) is 30.7 Å². The molecule has 2 aromatic heterocycles. The first kappa shape index (κ1) is 12.6. The Morgan fingerprint density at radius 2 is 1.95 bits per heavy atom. The lowest BCUT2D eigenvalue weighted by atomic mass is 10.1. The van der Waals surface area contributed by atoms with E-state index < -0.39 is 0 Å². The van der Waals surface area contributed by atoms with Crippen molar-refractivity contribution in [1.82, 2.24) is 14.5 Å². The summed E-state index contributed by atoms with van der Waals surface area (Å²) < 4.78 is 7.37. The molecule has 0 atom stereocenters. The van der Waals surface area contributed by atoms with Gasteiger partial charge in [0.25, 0.3) is 11.3 Å². The molecule has 21 heavy (non-hydrogen) atoms. The van der Waals surface area contributed by atoms with E-state index in [1.165, 1.54) is 0 Å². The van der Waals surface area contributed by atoms with Crippen LogP contribution in [0.1, 0.15) is 18.7 Å². The van der Waals surface area contributed by atoms with E-state index in [1.54, 1.807) is 16.7 Å². The van der Waals surface area contributed by atoms with Crippen LogP contribution in [-0.2, 0) is 13.0 Å². The van der Waals surface area contributed by atoms with Crippen molar-refractivity contribution in [3.8, 4) is 11.5 Å². The van der Waals surface area contributed by atoms with Gasteiger partial charge in [-0.25, -0.2) is 4.98 Å². The Hall–Kier alpha value is -2.14. The summed E-state index contributed by atoms with van der Waals surface area (Å²) in [7, 11) is 0. The minimum absolute atomic E-state index is 0.112. The van der Waals surface area contributed by atoms with Crippen LogP contribution in [0, 0.1) is 0 Å². The van der Waals surface area contributed by atoms with Gasteiger partial charge in [0.2, 0.25) is 5.89 Å². The van der Waals surface area contributed by atoms with Gasteiger partial charge in [0, 0.05) is 23.6 Å².